The molecule has 5 rings (SSSR count). The van der Waals surface area contributed by atoms with Gasteiger partial charge in [-0.1, -0.05) is 30.3 Å². The number of hydrogen-bond donors (Lipinski definition) is 1. The highest BCUT2D eigenvalue weighted by atomic mass is 16.6. The highest BCUT2D eigenvalue weighted by Gasteiger charge is 2.33. The van der Waals surface area contributed by atoms with Gasteiger partial charge in [-0.05, 0) is 29.8 Å². The number of rotatable bonds is 5. The molecule has 1 unspecified atom stereocenters. The zero-order chi connectivity index (χ0) is 24.7. The number of benzene rings is 3. The Morgan fingerprint density at radius 3 is 2.46 bits per heavy atom. The normalized spacial score (nSPS) is 15.3. The van der Waals surface area contributed by atoms with Crippen LogP contribution in [0.5, 0.6) is 5.75 Å². The van der Waals surface area contributed by atoms with E-state index in [1.54, 1.807) is 29.3 Å². The number of nitro groups is 1. The van der Waals surface area contributed by atoms with Gasteiger partial charge in [0.1, 0.15) is 16.9 Å². The maximum atomic E-state index is 13.0. The average molecular weight is 470 g/mol. The van der Waals surface area contributed by atoms with Gasteiger partial charge < -0.3 is 14.4 Å². The standard InChI is InChI=1S/C26H22N4O5/c1-28(2)19-12-13-20-23(14-19)35-26(32)24(25(20)31)21-15-22(16-8-10-18(11-9-16)30(33)34)29(27-21)17-6-4-3-5-7-17/h3-14,22,31H,15H2,1-2H3. The van der Waals surface area contributed by atoms with Gasteiger partial charge in [0.05, 0.1) is 27.8 Å². The number of non-ortho nitro benzene ring substituents is 1. The first-order valence-electron chi connectivity index (χ1n) is 11.0. The van der Waals surface area contributed by atoms with Gasteiger partial charge in [0, 0.05) is 44.4 Å². The van der Waals surface area contributed by atoms with Crippen LogP contribution in [0.3, 0.4) is 0 Å². The van der Waals surface area contributed by atoms with Crippen molar-refractivity contribution >= 4 is 33.7 Å². The molecule has 0 amide bonds. The van der Waals surface area contributed by atoms with Crippen LogP contribution < -0.4 is 15.5 Å². The molecule has 1 atom stereocenters. The van der Waals surface area contributed by atoms with Crippen molar-refractivity contribution in [2.24, 2.45) is 5.10 Å². The van der Waals surface area contributed by atoms with E-state index in [4.69, 9.17) is 9.52 Å². The molecule has 176 valence electrons. The van der Waals surface area contributed by atoms with E-state index in [0.29, 0.717) is 17.5 Å². The van der Waals surface area contributed by atoms with Gasteiger partial charge >= 0.3 is 5.63 Å². The van der Waals surface area contributed by atoms with Crippen molar-refractivity contribution in [3.63, 3.8) is 0 Å². The summed E-state index contributed by atoms with van der Waals surface area (Å²) in [4.78, 5) is 25.5. The second-order valence-corrected chi connectivity index (χ2v) is 8.48. The van der Waals surface area contributed by atoms with Crippen LogP contribution >= 0.6 is 0 Å². The number of aromatic hydroxyl groups is 1. The fraction of sp³-hybridized carbons (Fsp3) is 0.154. The highest BCUT2D eigenvalue weighted by Crippen LogP contribution is 2.39. The van der Waals surface area contributed by atoms with Crippen LogP contribution in [-0.2, 0) is 0 Å². The van der Waals surface area contributed by atoms with E-state index in [-0.39, 0.29) is 28.6 Å². The summed E-state index contributed by atoms with van der Waals surface area (Å²) in [5, 5.41) is 29.1. The Labute approximate surface area is 200 Å². The molecule has 35 heavy (non-hydrogen) atoms. The van der Waals surface area contributed by atoms with Crippen molar-refractivity contribution in [3.8, 4) is 5.75 Å². The molecule has 0 saturated carbocycles. The molecule has 0 saturated heterocycles. The molecule has 9 nitrogen and oxygen atoms in total. The molecule has 1 aliphatic rings. The van der Waals surface area contributed by atoms with Gasteiger partial charge in [0.15, 0.2) is 0 Å². The van der Waals surface area contributed by atoms with Crippen molar-refractivity contribution in [1.82, 2.24) is 0 Å². The van der Waals surface area contributed by atoms with E-state index in [1.807, 2.05) is 55.4 Å². The third-order valence-electron chi connectivity index (χ3n) is 6.09. The van der Waals surface area contributed by atoms with Crippen molar-refractivity contribution in [2.75, 3.05) is 24.0 Å². The minimum Gasteiger partial charge on any atom is -0.506 e. The average Bonchev–Trinajstić information content (AvgIpc) is 3.29. The van der Waals surface area contributed by atoms with E-state index in [9.17, 15) is 20.0 Å². The maximum Gasteiger partial charge on any atom is 0.349 e. The number of para-hydroxylation sites is 1. The molecule has 0 radical (unpaired) electrons. The summed E-state index contributed by atoms with van der Waals surface area (Å²) in [6, 6.07) is 20.6. The second kappa shape index (κ2) is 8.60. The molecule has 1 aliphatic heterocycles. The molecule has 1 aromatic heterocycles. The smallest absolute Gasteiger partial charge is 0.349 e. The third-order valence-corrected chi connectivity index (χ3v) is 6.09. The lowest BCUT2D eigenvalue weighted by atomic mass is 9.97. The molecule has 0 bridgehead atoms. The number of hydrazone groups is 1. The van der Waals surface area contributed by atoms with Gasteiger partial charge in [-0.3, -0.25) is 15.1 Å². The first-order chi connectivity index (χ1) is 16.8. The molecule has 1 N–H and O–H groups in total. The number of nitrogens with zero attached hydrogens (tertiary/aromatic N) is 4. The predicted octanol–water partition coefficient (Wildman–Crippen LogP) is 4.83. The quantitative estimate of drug-likeness (QED) is 0.253. The fourth-order valence-electron chi connectivity index (χ4n) is 4.26. The lowest BCUT2D eigenvalue weighted by Crippen LogP contribution is -2.18. The minimum atomic E-state index is -0.679. The van der Waals surface area contributed by atoms with Crippen molar-refractivity contribution < 1.29 is 14.4 Å². The Kier molecular flexibility index (Phi) is 5.44. The monoisotopic (exact) mass is 470 g/mol. The van der Waals surface area contributed by atoms with Crippen molar-refractivity contribution in [1.29, 1.82) is 0 Å². The molecular formula is C26H22N4O5. The maximum absolute atomic E-state index is 13.0. The Hall–Kier alpha value is -4.66. The zero-order valence-corrected chi connectivity index (χ0v) is 19.1. The van der Waals surface area contributed by atoms with Gasteiger partial charge in [-0.15, -0.1) is 0 Å². The SMILES string of the molecule is CN(C)c1ccc2c(O)c(C3=NN(c4ccccc4)C(c4ccc([N+](=O)[O-])cc4)C3)c(=O)oc2c1. The van der Waals surface area contributed by atoms with Gasteiger partial charge in [0.2, 0.25) is 0 Å². The summed E-state index contributed by atoms with van der Waals surface area (Å²) < 4.78 is 5.58. The topological polar surface area (TPSA) is 112 Å². The lowest BCUT2D eigenvalue weighted by molar-refractivity contribution is -0.384. The Morgan fingerprint density at radius 1 is 1.09 bits per heavy atom. The predicted molar refractivity (Wildman–Crippen MR) is 134 cm³/mol. The van der Waals surface area contributed by atoms with Gasteiger partial charge in [-0.2, -0.15) is 5.10 Å². The van der Waals surface area contributed by atoms with Crippen LogP contribution in [0.1, 0.15) is 23.6 Å². The Balaban J connectivity index is 1.61. The van der Waals surface area contributed by atoms with E-state index >= 15 is 0 Å². The number of fused-ring (bicyclic) bond motifs is 1. The van der Waals surface area contributed by atoms with Crippen LogP contribution in [-0.4, -0.2) is 29.8 Å². The summed E-state index contributed by atoms with van der Waals surface area (Å²) in [6.45, 7) is 0. The number of hydrogen-bond acceptors (Lipinski definition) is 8. The molecule has 3 aromatic carbocycles. The summed E-state index contributed by atoms with van der Waals surface area (Å²) in [5.41, 5.74) is 2.39. The molecule has 0 fully saturated rings. The van der Waals surface area contributed by atoms with Crippen LogP contribution in [0.15, 0.2) is 87.1 Å². The highest BCUT2D eigenvalue weighted by molar-refractivity contribution is 6.08. The largest absolute Gasteiger partial charge is 0.506 e. The van der Waals surface area contributed by atoms with Gasteiger partial charge in [-0.25, -0.2) is 4.79 Å². The first kappa shape index (κ1) is 22.1. The minimum absolute atomic E-state index is 0.0101. The summed E-state index contributed by atoms with van der Waals surface area (Å²) in [6.07, 6.45) is 0.298. The van der Waals surface area contributed by atoms with E-state index in [2.05, 4.69) is 0 Å². The molecular weight excluding hydrogens is 448 g/mol. The molecule has 0 aliphatic carbocycles. The molecule has 2 heterocycles. The van der Waals surface area contributed by atoms with E-state index in [1.165, 1.54) is 12.1 Å². The van der Waals surface area contributed by atoms with E-state index < -0.39 is 10.5 Å². The fourth-order valence-corrected chi connectivity index (χ4v) is 4.26. The summed E-state index contributed by atoms with van der Waals surface area (Å²) >= 11 is 0. The zero-order valence-electron chi connectivity index (χ0n) is 19.1. The third kappa shape index (κ3) is 3.97. The second-order valence-electron chi connectivity index (χ2n) is 8.48. The Bertz CT molecular complexity index is 1510. The molecule has 4 aromatic rings. The Morgan fingerprint density at radius 2 is 1.80 bits per heavy atom. The number of anilines is 2. The summed E-state index contributed by atoms with van der Waals surface area (Å²) in [7, 11) is 3.74. The van der Waals surface area contributed by atoms with Crippen LogP contribution in [0.2, 0.25) is 0 Å². The van der Waals surface area contributed by atoms with Crippen LogP contribution in [0, 0.1) is 10.1 Å². The van der Waals surface area contributed by atoms with Crippen LogP contribution in [0.25, 0.3) is 11.0 Å². The first-order valence-corrected chi connectivity index (χ1v) is 11.0. The van der Waals surface area contributed by atoms with Crippen LogP contribution in [0.4, 0.5) is 17.1 Å². The van der Waals surface area contributed by atoms with Crippen molar-refractivity contribution in [2.45, 2.75) is 12.5 Å². The van der Waals surface area contributed by atoms with E-state index in [0.717, 1.165) is 16.9 Å². The number of nitro benzene ring substituents is 1. The summed E-state index contributed by atoms with van der Waals surface area (Å²) in [5.74, 6) is -0.183. The van der Waals surface area contributed by atoms with Crippen molar-refractivity contribution in [3.05, 3.63) is 104 Å². The molecule has 0 spiro atoms. The molecule has 9 heteroatoms. The lowest BCUT2D eigenvalue weighted by Gasteiger charge is -2.23. The van der Waals surface area contributed by atoms with Gasteiger partial charge in [0.25, 0.3) is 5.69 Å².